The second-order valence-corrected chi connectivity index (χ2v) is 6.04. The smallest absolute Gasteiger partial charge is 0.198 e. The summed E-state index contributed by atoms with van der Waals surface area (Å²) in [7, 11) is -3.00. The first-order chi connectivity index (χ1) is 6.48. The lowest BCUT2D eigenvalue weighted by Gasteiger charge is -2.16. The molecule has 0 atom stereocenters. The van der Waals surface area contributed by atoms with Crippen LogP contribution < -0.4 is 5.73 Å². The second kappa shape index (κ2) is 3.16. The predicted molar refractivity (Wildman–Crippen MR) is 55.3 cm³/mol. The number of sulfone groups is 1. The van der Waals surface area contributed by atoms with Gasteiger partial charge in [-0.1, -0.05) is 0 Å². The van der Waals surface area contributed by atoms with Crippen molar-refractivity contribution in [2.45, 2.75) is 12.2 Å². The van der Waals surface area contributed by atoms with E-state index in [0.29, 0.717) is 22.7 Å². The molecule has 14 heavy (non-hydrogen) atoms. The third-order valence-electron chi connectivity index (χ3n) is 2.12. The van der Waals surface area contributed by atoms with Crippen molar-refractivity contribution in [2.75, 3.05) is 11.5 Å². The summed E-state index contributed by atoms with van der Waals surface area (Å²) >= 11 is 3.08. The van der Waals surface area contributed by atoms with E-state index in [9.17, 15) is 8.42 Å². The maximum absolute atomic E-state index is 11.3. The Kier molecular flexibility index (Phi) is 2.23. The first kappa shape index (κ1) is 9.85. The fourth-order valence-corrected chi connectivity index (χ4v) is 3.17. The van der Waals surface area contributed by atoms with Gasteiger partial charge in [0.15, 0.2) is 14.6 Å². The van der Waals surface area contributed by atoms with Gasteiger partial charge in [-0.3, -0.25) is 0 Å². The molecule has 2 rings (SSSR count). The van der Waals surface area contributed by atoms with Crippen molar-refractivity contribution in [3.63, 3.8) is 0 Å². The molecule has 7 heteroatoms. The molecule has 0 saturated carbocycles. The zero-order chi connectivity index (χ0) is 10.3. The highest BCUT2D eigenvalue weighted by Crippen LogP contribution is 2.24. The third kappa shape index (κ3) is 1.74. The van der Waals surface area contributed by atoms with Gasteiger partial charge >= 0.3 is 0 Å². The zero-order valence-corrected chi connectivity index (χ0v) is 9.60. The number of hydrogen-bond donors (Lipinski definition) is 1. The van der Waals surface area contributed by atoms with E-state index in [1.54, 1.807) is 0 Å². The first-order valence-electron chi connectivity index (χ1n) is 3.99. The van der Waals surface area contributed by atoms with Crippen molar-refractivity contribution in [3.8, 4) is 0 Å². The molecule has 1 aliphatic heterocycles. The Hall–Kier alpha value is -0.690. The van der Waals surface area contributed by atoms with Crippen LogP contribution in [0.3, 0.4) is 0 Å². The number of anilines is 1. The van der Waals surface area contributed by atoms with E-state index in [-0.39, 0.29) is 11.5 Å². The number of aromatic nitrogens is 2. The van der Waals surface area contributed by atoms with Crippen LogP contribution in [0.2, 0.25) is 0 Å². The van der Waals surface area contributed by atoms with Crippen LogP contribution in [0.25, 0.3) is 0 Å². The maximum atomic E-state index is 11.3. The molecule has 2 heterocycles. The number of nitrogens with zero attached hydrogens (tertiary/aromatic N) is 2. The Morgan fingerprint density at radius 1 is 1.36 bits per heavy atom. The van der Waals surface area contributed by atoms with Crippen molar-refractivity contribution in [2.24, 2.45) is 0 Å². The Labute approximate surface area is 89.8 Å². The van der Waals surface area contributed by atoms with E-state index in [1.807, 2.05) is 0 Å². The van der Waals surface area contributed by atoms with Crippen LogP contribution in [0.5, 0.6) is 0 Å². The summed E-state index contributed by atoms with van der Waals surface area (Å²) in [6.07, 6.45) is 0.413. The van der Waals surface area contributed by atoms with Gasteiger partial charge in [0, 0.05) is 5.56 Å². The van der Waals surface area contributed by atoms with E-state index < -0.39 is 9.84 Å². The molecule has 0 aliphatic carbocycles. The molecule has 0 unspecified atom stereocenters. The van der Waals surface area contributed by atoms with Crippen molar-refractivity contribution in [3.05, 3.63) is 16.0 Å². The number of nitrogen functional groups attached to an aromatic ring is 1. The minimum Gasteiger partial charge on any atom is -0.383 e. The van der Waals surface area contributed by atoms with Gasteiger partial charge in [-0.2, -0.15) is 0 Å². The lowest BCUT2D eigenvalue weighted by atomic mass is 10.1. The molecular formula is C7H8BrN3O2S. The molecule has 1 aromatic heterocycles. The van der Waals surface area contributed by atoms with E-state index in [0.717, 1.165) is 5.56 Å². The average molecular weight is 278 g/mol. The highest BCUT2D eigenvalue weighted by molar-refractivity contribution is 9.10. The number of fused-ring (bicyclic) bond motifs is 1. The van der Waals surface area contributed by atoms with E-state index >= 15 is 0 Å². The number of hydrogen-bond acceptors (Lipinski definition) is 5. The molecule has 0 aromatic carbocycles. The van der Waals surface area contributed by atoms with Gasteiger partial charge in [-0.05, 0) is 22.4 Å². The standard InChI is InChI=1S/C7H8BrN3O2S/c8-7-10-5-3-14(12,13)2-1-4(5)6(9)11-7/h1-3H2,(H2,9,10,11). The summed E-state index contributed by atoms with van der Waals surface area (Å²) < 4.78 is 23.0. The van der Waals surface area contributed by atoms with Crippen LogP contribution >= 0.6 is 15.9 Å². The number of rotatable bonds is 0. The Morgan fingerprint density at radius 3 is 2.79 bits per heavy atom. The summed E-state index contributed by atoms with van der Waals surface area (Å²) in [6.45, 7) is 0. The summed E-state index contributed by atoms with van der Waals surface area (Å²) in [5, 5.41) is 0. The summed E-state index contributed by atoms with van der Waals surface area (Å²) in [5.74, 6) is 0.472. The monoisotopic (exact) mass is 277 g/mol. The van der Waals surface area contributed by atoms with Gasteiger partial charge in [0.25, 0.3) is 0 Å². The van der Waals surface area contributed by atoms with Crippen LogP contribution in [0.1, 0.15) is 11.3 Å². The molecule has 0 radical (unpaired) electrons. The maximum Gasteiger partial charge on any atom is 0.198 e. The lowest BCUT2D eigenvalue weighted by molar-refractivity contribution is 0.590. The topological polar surface area (TPSA) is 85.9 Å². The van der Waals surface area contributed by atoms with E-state index in [1.165, 1.54) is 0 Å². The Morgan fingerprint density at radius 2 is 2.07 bits per heavy atom. The molecule has 2 N–H and O–H groups in total. The molecule has 1 aromatic rings. The van der Waals surface area contributed by atoms with E-state index in [4.69, 9.17) is 5.73 Å². The predicted octanol–water partition coefficient (Wildman–Crippen LogP) is 0.292. The zero-order valence-electron chi connectivity index (χ0n) is 7.20. The minimum absolute atomic E-state index is 0.0341. The second-order valence-electron chi connectivity index (χ2n) is 3.15. The van der Waals surface area contributed by atoms with Crippen LogP contribution in [-0.2, 0) is 22.0 Å². The fraction of sp³-hybridized carbons (Fsp3) is 0.429. The molecule has 76 valence electrons. The van der Waals surface area contributed by atoms with Crippen LogP contribution in [-0.4, -0.2) is 24.1 Å². The third-order valence-corrected chi connectivity index (χ3v) is 4.01. The molecule has 5 nitrogen and oxygen atoms in total. The van der Waals surface area contributed by atoms with Crippen LogP contribution in [0.4, 0.5) is 5.82 Å². The highest BCUT2D eigenvalue weighted by Gasteiger charge is 2.25. The average Bonchev–Trinajstić information content (AvgIpc) is 2.00. The highest BCUT2D eigenvalue weighted by atomic mass is 79.9. The quantitative estimate of drug-likeness (QED) is 0.689. The molecule has 0 fully saturated rings. The van der Waals surface area contributed by atoms with Gasteiger partial charge in [0.1, 0.15) is 5.82 Å². The van der Waals surface area contributed by atoms with Crippen molar-refractivity contribution in [1.29, 1.82) is 0 Å². The molecule has 0 spiro atoms. The van der Waals surface area contributed by atoms with Crippen LogP contribution in [0, 0.1) is 0 Å². The number of nitrogens with two attached hydrogens (primary N) is 1. The molecule has 0 saturated heterocycles. The van der Waals surface area contributed by atoms with Gasteiger partial charge < -0.3 is 5.73 Å². The van der Waals surface area contributed by atoms with Gasteiger partial charge in [-0.25, -0.2) is 18.4 Å². The SMILES string of the molecule is Nc1nc(Br)nc2c1CCS(=O)(=O)C2. The minimum atomic E-state index is -3.00. The lowest BCUT2D eigenvalue weighted by Crippen LogP contribution is -2.22. The van der Waals surface area contributed by atoms with Crippen LogP contribution in [0.15, 0.2) is 4.73 Å². The van der Waals surface area contributed by atoms with E-state index in [2.05, 4.69) is 25.9 Å². The summed E-state index contributed by atoms with van der Waals surface area (Å²) in [5.41, 5.74) is 6.95. The van der Waals surface area contributed by atoms with Crippen molar-refractivity contribution >= 4 is 31.6 Å². The molecule has 0 amide bonds. The largest absolute Gasteiger partial charge is 0.383 e. The number of halogens is 1. The van der Waals surface area contributed by atoms with Crippen molar-refractivity contribution in [1.82, 2.24) is 9.97 Å². The summed E-state index contributed by atoms with van der Waals surface area (Å²) in [6, 6.07) is 0. The molecule has 1 aliphatic rings. The van der Waals surface area contributed by atoms with Gasteiger partial charge in [0.2, 0.25) is 0 Å². The van der Waals surface area contributed by atoms with Gasteiger partial charge in [0.05, 0.1) is 17.2 Å². The van der Waals surface area contributed by atoms with Crippen molar-refractivity contribution < 1.29 is 8.42 Å². The Balaban J connectivity index is 2.58. The molecule has 0 bridgehead atoms. The first-order valence-corrected chi connectivity index (χ1v) is 6.60. The Bertz CT molecular complexity index is 486. The molecular weight excluding hydrogens is 270 g/mol. The fourth-order valence-electron chi connectivity index (χ4n) is 1.45. The summed E-state index contributed by atoms with van der Waals surface area (Å²) in [4.78, 5) is 7.94. The van der Waals surface area contributed by atoms with Gasteiger partial charge in [-0.15, -0.1) is 0 Å². The normalized spacial score (nSPS) is 18.9.